The number of methoxy groups -OCH3 is 2. The number of hydrogen-bond acceptors (Lipinski definition) is 5. The second kappa shape index (κ2) is 8.96. The molecule has 2 aromatic carbocycles. The highest BCUT2D eigenvalue weighted by Crippen LogP contribution is 2.36. The third-order valence-corrected chi connectivity index (χ3v) is 7.57. The zero-order valence-electron chi connectivity index (χ0n) is 20.7. The SMILES string of the molecule is COc1ccc(OC)c(-n2cc(C(=O)N3C[C@@H]4C[C@H](C3)c3cccc(=O)n3C4)c3ccccc3c2=O)c1. The molecule has 4 aromatic rings. The lowest BCUT2D eigenvalue weighted by atomic mass is 9.83. The van der Waals surface area contributed by atoms with Gasteiger partial charge in [-0.3, -0.25) is 19.0 Å². The molecular formula is C29H27N3O5. The first-order chi connectivity index (χ1) is 18.0. The first kappa shape index (κ1) is 23.1. The number of fused-ring (bicyclic) bond motifs is 5. The van der Waals surface area contributed by atoms with Crippen LogP contribution in [0.2, 0.25) is 0 Å². The Balaban J connectivity index is 1.47. The number of amides is 1. The first-order valence-corrected chi connectivity index (χ1v) is 12.3. The van der Waals surface area contributed by atoms with Crippen molar-refractivity contribution in [1.82, 2.24) is 14.0 Å². The number of hydrogen-bond donors (Lipinski definition) is 0. The minimum atomic E-state index is -0.248. The van der Waals surface area contributed by atoms with Crippen LogP contribution in [0.5, 0.6) is 11.5 Å². The van der Waals surface area contributed by atoms with Gasteiger partial charge in [-0.2, -0.15) is 0 Å². The fourth-order valence-corrected chi connectivity index (χ4v) is 5.86. The fourth-order valence-electron chi connectivity index (χ4n) is 5.86. The summed E-state index contributed by atoms with van der Waals surface area (Å²) in [4.78, 5) is 42.0. The van der Waals surface area contributed by atoms with Gasteiger partial charge in [0, 0.05) is 60.3 Å². The average molecular weight is 498 g/mol. The maximum atomic E-state index is 14.1. The molecule has 4 heterocycles. The minimum absolute atomic E-state index is 0.0114. The average Bonchev–Trinajstić information content (AvgIpc) is 2.93. The lowest BCUT2D eigenvalue weighted by Crippen LogP contribution is -2.49. The van der Waals surface area contributed by atoms with Crippen molar-refractivity contribution in [3.8, 4) is 17.2 Å². The van der Waals surface area contributed by atoms with E-state index in [1.165, 1.54) is 4.57 Å². The summed E-state index contributed by atoms with van der Waals surface area (Å²) in [6.07, 6.45) is 2.57. The lowest BCUT2D eigenvalue weighted by Gasteiger charge is -2.42. The first-order valence-electron chi connectivity index (χ1n) is 12.3. The molecule has 1 amide bonds. The number of carbonyl (C=O) groups is 1. The fraction of sp³-hybridized carbons (Fsp3) is 0.276. The molecule has 2 aromatic heterocycles. The highest BCUT2D eigenvalue weighted by Gasteiger charge is 2.37. The molecule has 2 bridgehead atoms. The van der Waals surface area contributed by atoms with Crippen molar-refractivity contribution in [3.05, 3.63) is 98.8 Å². The summed E-state index contributed by atoms with van der Waals surface area (Å²) in [5.41, 5.74) is 1.69. The molecule has 0 unspecified atom stereocenters. The second-order valence-corrected chi connectivity index (χ2v) is 9.71. The zero-order chi connectivity index (χ0) is 25.7. The van der Waals surface area contributed by atoms with Gasteiger partial charge in [-0.25, -0.2) is 0 Å². The Labute approximate surface area is 213 Å². The van der Waals surface area contributed by atoms with Crippen molar-refractivity contribution < 1.29 is 14.3 Å². The van der Waals surface area contributed by atoms with E-state index in [-0.39, 0.29) is 28.9 Å². The molecular weight excluding hydrogens is 470 g/mol. The van der Waals surface area contributed by atoms with Gasteiger partial charge in [0.15, 0.2) is 0 Å². The topological polar surface area (TPSA) is 82.8 Å². The highest BCUT2D eigenvalue weighted by molar-refractivity contribution is 6.06. The van der Waals surface area contributed by atoms with E-state index in [9.17, 15) is 14.4 Å². The molecule has 188 valence electrons. The van der Waals surface area contributed by atoms with Gasteiger partial charge in [0.05, 0.1) is 25.5 Å². The molecule has 0 aliphatic carbocycles. The quantitative estimate of drug-likeness (QED) is 0.432. The molecule has 2 aliphatic rings. The summed E-state index contributed by atoms with van der Waals surface area (Å²) < 4.78 is 14.2. The van der Waals surface area contributed by atoms with Crippen molar-refractivity contribution in [2.45, 2.75) is 18.9 Å². The molecule has 1 saturated heterocycles. The van der Waals surface area contributed by atoms with E-state index in [1.807, 2.05) is 27.7 Å². The van der Waals surface area contributed by atoms with Gasteiger partial charge in [-0.1, -0.05) is 24.3 Å². The van der Waals surface area contributed by atoms with Crippen LogP contribution in [-0.4, -0.2) is 47.3 Å². The summed E-state index contributed by atoms with van der Waals surface area (Å²) >= 11 is 0. The Kier molecular flexibility index (Phi) is 5.59. The van der Waals surface area contributed by atoms with Crippen LogP contribution in [0.4, 0.5) is 0 Å². The molecule has 2 atom stereocenters. The maximum Gasteiger partial charge on any atom is 0.263 e. The Morgan fingerprint density at radius 2 is 1.70 bits per heavy atom. The van der Waals surface area contributed by atoms with Gasteiger partial charge >= 0.3 is 0 Å². The molecule has 37 heavy (non-hydrogen) atoms. The van der Waals surface area contributed by atoms with E-state index in [4.69, 9.17) is 9.47 Å². The van der Waals surface area contributed by atoms with E-state index in [1.54, 1.807) is 62.9 Å². The molecule has 6 rings (SSSR count). The standard InChI is InChI=1S/C29H27N3O5/c1-36-20-10-11-26(37-2)25(13-20)32-17-23(21-6-3-4-7-22(21)29(32)35)28(34)30-14-18-12-19(16-30)24-8-5-9-27(33)31(24)15-18/h3-11,13,17-19H,12,14-16H2,1-2H3/t18-,19+/m0/s1. The number of aromatic nitrogens is 2. The Morgan fingerprint density at radius 3 is 2.49 bits per heavy atom. The van der Waals surface area contributed by atoms with Gasteiger partial charge in [-0.05, 0) is 36.6 Å². The van der Waals surface area contributed by atoms with Crippen molar-refractivity contribution >= 4 is 16.7 Å². The van der Waals surface area contributed by atoms with Gasteiger partial charge in [0.1, 0.15) is 11.5 Å². The predicted octanol–water partition coefficient (Wildman–Crippen LogP) is 3.43. The van der Waals surface area contributed by atoms with Gasteiger partial charge in [0.2, 0.25) is 0 Å². The number of nitrogens with zero attached hydrogens (tertiary/aromatic N) is 3. The molecule has 1 fully saturated rings. The molecule has 0 spiro atoms. The third-order valence-electron chi connectivity index (χ3n) is 7.57. The summed E-state index contributed by atoms with van der Waals surface area (Å²) in [6.45, 7) is 1.69. The van der Waals surface area contributed by atoms with Crippen LogP contribution in [0.3, 0.4) is 0 Å². The smallest absolute Gasteiger partial charge is 0.263 e. The Bertz CT molecular complexity index is 1650. The summed E-state index contributed by atoms with van der Waals surface area (Å²) in [5, 5.41) is 1.07. The van der Waals surface area contributed by atoms with Crippen LogP contribution < -0.4 is 20.6 Å². The van der Waals surface area contributed by atoms with E-state index < -0.39 is 0 Å². The number of pyridine rings is 2. The highest BCUT2D eigenvalue weighted by atomic mass is 16.5. The van der Waals surface area contributed by atoms with Crippen molar-refractivity contribution in [2.75, 3.05) is 27.3 Å². The molecule has 0 N–H and O–H groups in total. The van der Waals surface area contributed by atoms with Crippen LogP contribution >= 0.6 is 0 Å². The summed E-state index contributed by atoms with van der Waals surface area (Å²) in [5.74, 6) is 1.23. The number of rotatable bonds is 4. The zero-order valence-corrected chi connectivity index (χ0v) is 20.7. The van der Waals surface area contributed by atoms with Gasteiger partial charge in [0.25, 0.3) is 17.0 Å². The van der Waals surface area contributed by atoms with Crippen LogP contribution in [0.1, 0.15) is 28.4 Å². The number of piperidine rings is 1. The Morgan fingerprint density at radius 1 is 0.892 bits per heavy atom. The number of benzene rings is 2. The van der Waals surface area contributed by atoms with E-state index >= 15 is 0 Å². The van der Waals surface area contributed by atoms with E-state index in [2.05, 4.69) is 0 Å². The van der Waals surface area contributed by atoms with Crippen LogP contribution in [0.15, 0.2) is 76.4 Å². The summed E-state index contributed by atoms with van der Waals surface area (Å²) in [6, 6.07) is 17.8. The molecule has 8 heteroatoms. The summed E-state index contributed by atoms with van der Waals surface area (Å²) in [7, 11) is 3.10. The number of likely N-dealkylation sites (tertiary alicyclic amines) is 1. The van der Waals surface area contributed by atoms with E-state index in [0.717, 1.165) is 12.1 Å². The predicted molar refractivity (Wildman–Crippen MR) is 140 cm³/mol. The van der Waals surface area contributed by atoms with Crippen LogP contribution in [-0.2, 0) is 6.54 Å². The third kappa shape index (κ3) is 3.80. The molecule has 0 radical (unpaired) electrons. The monoisotopic (exact) mass is 497 g/mol. The number of ether oxygens (including phenoxy) is 2. The molecule has 2 aliphatic heterocycles. The van der Waals surface area contributed by atoms with Gasteiger partial charge in [-0.15, -0.1) is 0 Å². The largest absolute Gasteiger partial charge is 0.497 e. The van der Waals surface area contributed by atoms with Crippen molar-refractivity contribution in [3.63, 3.8) is 0 Å². The van der Waals surface area contributed by atoms with E-state index in [0.29, 0.717) is 53.2 Å². The minimum Gasteiger partial charge on any atom is -0.497 e. The number of carbonyl (C=O) groups excluding carboxylic acids is 1. The van der Waals surface area contributed by atoms with Crippen LogP contribution in [0.25, 0.3) is 16.5 Å². The van der Waals surface area contributed by atoms with Gasteiger partial charge < -0.3 is 18.9 Å². The molecule has 0 saturated carbocycles. The molecule has 8 nitrogen and oxygen atoms in total. The van der Waals surface area contributed by atoms with Crippen molar-refractivity contribution in [1.29, 1.82) is 0 Å². The normalized spacial score (nSPS) is 18.4. The van der Waals surface area contributed by atoms with Crippen molar-refractivity contribution in [2.24, 2.45) is 5.92 Å². The maximum absolute atomic E-state index is 14.1. The van der Waals surface area contributed by atoms with Crippen LogP contribution in [0, 0.1) is 5.92 Å². The Hall–Kier alpha value is -4.33. The second-order valence-electron chi connectivity index (χ2n) is 9.71. The lowest BCUT2D eigenvalue weighted by molar-refractivity contribution is 0.0596.